The van der Waals surface area contributed by atoms with E-state index in [4.69, 9.17) is 0 Å². The van der Waals surface area contributed by atoms with Gasteiger partial charge in [-0.05, 0) is 24.6 Å². The van der Waals surface area contributed by atoms with Crippen LogP contribution in [-0.4, -0.2) is 4.92 Å². The van der Waals surface area contributed by atoms with Crippen LogP contribution in [0.3, 0.4) is 0 Å². The van der Waals surface area contributed by atoms with Crippen LogP contribution in [0.4, 0.5) is 10.1 Å². The lowest BCUT2D eigenvalue weighted by molar-refractivity contribution is -0.385. The van der Waals surface area contributed by atoms with Gasteiger partial charge in [0.2, 0.25) is 0 Å². The molecule has 0 heterocycles. The van der Waals surface area contributed by atoms with Crippen LogP contribution < -0.4 is 5.32 Å². The van der Waals surface area contributed by atoms with Gasteiger partial charge < -0.3 is 5.32 Å². The largest absolute Gasteiger partial charge is 0.306 e. The topological polar surface area (TPSA) is 55.2 Å². The van der Waals surface area contributed by atoms with E-state index < -0.39 is 4.92 Å². The molecular formula is C15H15FN2O2. The number of nitro groups is 1. The van der Waals surface area contributed by atoms with E-state index in [0.29, 0.717) is 12.1 Å². The molecule has 0 amide bonds. The van der Waals surface area contributed by atoms with Crippen molar-refractivity contribution in [3.63, 3.8) is 0 Å². The summed E-state index contributed by atoms with van der Waals surface area (Å²) in [5.74, 6) is -0.289. The molecule has 0 aromatic heterocycles. The van der Waals surface area contributed by atoms with Crippen molar-refractivity contribution in [2.45, 2.75) is 19.5 Å². The van der Waals surface area contributed by atoms with E-state index in [1.54, 1.807) is 24.3 Å². The average Bonchev–Trinajstić information content (AvgIpc) is 2.45. The van der Waals surface area contributed by atoms with Gasteiger partial charge in [0.05, 0.1) is 4.92 Å². The molecule has 0 aliphatic heterocycles. The summed E-state index contributed by atoms with van der Waals surface area (Å²) in [4.78, 5) is 10.6. The number of nitrogens with one attached hydrogen (secondary N) is 1. The molecule has 1 unspecified atom stereocenters. The first-order chi connectivity index (χ1) is 9.58. The molecule has 0 aliphatic carbocycles. The molecular weight excluding hydrogens is 259 g/mol. The van der Waals surface area contributed by atoms with Gasteiger partial charge in [0, 0.05) is 24.2 Å². The maximum atomic E-state index is 13.1. The molecule has 4 nitrogen and oxygen atoms in total. The molecule has 2 rings (SSSR count). The van der Waals surface area contributed by atoms with Crippen LogP contribution >= 0.6 is 0 Å². The molecule has 104 valence electrons. The molecule has 20 heavy (non-hydrogen) atoms. The highest BCUT2D eigenvalue weighted by Crippen LogP contribution is 2.24. The smallest absolute Gasteiger partial charge is 0.274 e. The minimum Gasteiger partial charge on any atom is -0.306 e. The predicted octanol–water partition coefficient (Wildman–Crippen LogP) is 3.58. The molecule has 0 saturated carbocycles. The number of rotatable bonds is 5. The van der Waals surface area contributed by atoms with Crippen molar-refractivity contribution in [2.24, 2.45) is 0 Å². The quantitative estimate of drug-likeness (QED) is 0.669. The summed E-state index contributed by atoms with van der Waals surface area (Å²) in [6, 6.07) is 12.7. The van der Waals surface area contributed by atoms with Crippen LogP contribution in [0.25, 0.3) is 0 Å². The van der Waals surface area contributed by atoms with E-state index in [1.807, 2.05) is 13.0 Å². The zero-order valence-electron chi connectivity index (χ0n) is 11.0. The minimum absolute atomic E-state index is 0.0896. The molecule has 0 fully saturated rings. The van der Waals surface area contributed by atoms with Gasteiger partial charge in [0.1, 0.15) is 5.82 Å². The molecule has 1 N–H and O–H groups in total. The van der Waals surface area contributed by atoms with Gasteiger partial charge in [-0.25, -0.2) is 4.39 Å². The minimum atomic E-state index is -0.393. The van der Waals surface area contributed by atoms with Gasteiger partial charge in [0.15, 0.2) is 0 Å². The third kappa shape index (κ3) is 3.39. The number of para-hydroxylation sites is 1. The Balaban J connectivity index is 2.09. The molecule has 0 aliphatic rings. The summed E-state index contributed by atoms with van der Waals surface area (Å²) in [5.41, 5.74) is 1.51. The number of hydrogen-bond acceptors (Lipinski definition) is 3. The molecule has 2 aromatic carbocycles. The van der Waals surface area contributed by atoms with Crippen LogP contribution in [-0.2, 0) is 6.54 Å². The summed E-state index contributed by atoms with van der Waals surface area (Å²) < 4.78 is 13.1. The highest BCUT2D eigenvalue weighted by molar-refractivity contribution is 5.41. The van der Waals surface area contributed by atoms with Crippen molar-refractivity contribution < 1.29 is 9.31 Å². The zero-order valence-corrected chi connectivity index (χ0v) is 11.0. The third-order valence-electron chi connectivity index (χ3n) is 3.10. The van der Waals surface area contributed by atoms with Gasteiger partial charge in [-0.1, -0.05) is 30.3 Å². The maximum absolute atomic E-state index is 13.1. The first-order valence-electron chi connectivity index (χ1n) is 6.29. The lowest BCUT2D eigenvalue weighted by atomic mass is 10.1. The van der Waals surface area contributed by atoms with Gasteiger partial charge >= 0.3 is 0 Å². The van der Waals surface area contributed by atoms with E-state index in [-0.39, 0.29) is 17.5 Å². The third-order valence-corrected chi connectivity index (χ3v) is 3.10. The Morgan fingerprint density at radius 2 is 2.00 bits per heavy atom. The fourth-order valence-corrected chi connectivity index (χ4v) is 2.05. The highest BCUT2D eigenvalue weighted by Gasteiger charge is 2.17. The van der Waals surface area contributed by atoms with E-state index >= 15 is 0 Å². The lowest BCUT2D eigenvalue weighted by Crippen LogP contribution is -2.19. The Hall–Kier alpha value is -2.27. The van der Waals surface area contributed by atoms with Crippen LogP contribution in [0.2, 0.25) is 0 Å². The lowest BCUT2D eigenvalue weighted by Gasteiger charge is -2.14. The average molecular weight is 274 g/mol. The van der Waals surface area contributed by atoms with E-state index in [2.05, 4.69) is 5.32 Å². The molecule has 0 radical (unpaired) electrons. The summed E-state index contributed by atoms with van der Waals surface area (Å²) >= 11 is 0. The van der Waals surface area contributed by atoms with Crippen LogP contribution in [0, 0.1) is 15.9 Å². The molecule has 1 atom stereocenters. The highest BCUT2D eigenvalue weighted by atomic mass is 19.1. The second-order valence-corrected chi connectivity index (χ2v) is 4.55. The number of halogens is 1. The standard InChI is InChI=1S/C15H15FN2O2/c1-11(14-7-2-3-8-15(14)18(19)20)17-10-12-5-4-6-13(16)9-12/h2-9,11,17H,10H2,1H3. The summed E-state index contributed by atoms with van der Waals surface area (Å²) in [6.45, 7) is 2.30. The van der Waals surface area contributed by atoms with Gasteiger partial charge in [-0.3, -0.25) is 10.1 Å². The molecule has 0 bridgehead atoms. The van der Waals surface area contributed by atoms with E-state index in [0.717, 1.165) is 5.56 Å². The van der Waals surface area contributed by atoms with Crippen LogP contribution in [0.1, 0.15) is 24.1 Å². The summed E-state index contributed by atoms with van der Waals surface area (Å²) in [5, 5.41) is 14.1. The number of benzene rings is 2. The van der Waals surface area contributed by atoms with E-state index in [1.165, 1.54) is 18.2 Å². The van der Waals surface area contributed by atoms with Crippen molar-refractivity contribution in [1.82, 2.24) is 5.32 Å². The van der Waals surface area contributed by atoms with Crippen molar-refractivity contribution in [3.8, 4) is 0 Å². The van der Waals surface area contributed by atoms with Crippen LogP contribution in [0.15, 0.2) is 48.5 Å². The second-order valence-electron chi connectivity index (χ2n) is 4.55. The Labute approximate surface area is 116 Å². The van der Waals surface area contributed by atoms with E-state index in [9.17, 15) is 14.5 Å². The Morgan fingerprint density at radius 3 is 2.70 bits per heavy atom. The van der Waals surface area contributed by atoms with Crippen LogP contribution in [0.5, 0.6) is 0 Å². The van der Waals surface area contributed by atoms with Gasteiger partial charge in [0.25, 0.3) is 5.69 Å². The Kier molecular flexibility index (Phi) is 4.42. The Morgan fingerprint density at radius 1 is 1.25 bits per heavy atom. The normalized spacial score (nSPS) is 12.1. The second kappa shape index (κ2) is 6.25. The first kappa shape index (κ1) is 14.1. The fourth-order valence-electron chi connectivity index (χ4n) is 2.05. The number of hydrogen-bond donors (Lipinski definition) is 1. The zero-order chi connectivity index (χ0) is 14.5. The van der Waals surface area contributed by atoms with Crippen molar-refractivity contribution in [1.29, 1.82) is 0 Å². The van der Waals surface area contributed by atoms with Crippen molar-refractivity contribution in [3.05, 3.63) is 75.6 Å². The van der Waals surface area contributed by atoms with Crippen molar-refractivity contribution in [2.75, 3.05) is 0 Å². The van der Waals surface area contributed by atoms with Gasteiger partial charge in [-0.2, -0.15) is 0 Å². The first-order valence-corrected chi connectivity index (χ1v) is 6.29. The number of nitrogens with zero attached hydrogens (tertiary/aromatic N) is 1. The van der Waals surface area contributed by atoms with Gasteiger partial charge in [-0.15, -0.1) is 0 Å². The summed E-state index contributed by atoms with van der Waals surface area (Å²) in [6.07, 6.45) is 0. The fraction of sp³-hybridized carbons (Fsp3) is 0.200. The molecule has 0 saturated heterocycles. The monoisotopic (exact) mass is 274 g/mol. The number of nitro benzene ring substituents is 1. The molecule has 0 spiro atoms. The van der Waals surface area contributed by atoms with Crippen molar-refractivity contribution >= 4 is 5.69 Å². The SMILES string of the molecule is CC(NCc1cccc(F)c1)c1ccccc1[N+](=O)[O-]. The molecule has 2 aromatic rings. The predicted molar refractivity (Wildman–Crippen MR) is 74.8 cm³/mol. The summed E-state index contributed by atoms with van der Waals surface area (Å²) in [7, 11) is 0. The maximum Gasteiger partial charge on any atom is 0.274 e. The Bertz CT molecular complexity index is 616. The molecule has 5 heteroatoms.